The van der Waals surface area contributed by atoms with Crippen molar-refractivity contribution in [3.63, 3.8) is 0 Å². The van der Waals surface area contributed by atoms with E-state index in [0.717, 1.165) is 50.4 Å². The topological polar surface area (TPSA) is 9.72 Å². The van der Waals surface area contributed by atoms with Gasteiger partial charge in [0, 0.05) is 45.3 Å². The summed E-state index contributed by atoms with van der Waals surface area (Å²) in [5, 5.41) is 0. The van der Waals surface area contributed by atoms with Crippen LogP contribution in [0.25, 0.3) is 0 Å². The second kappa shape index (κ2) is 11.8. The van der Waals surface area contributed by atoms with E-state index in [1.54, 1.807) is 0 Å². The Morgan fingerprint density at radius 2 is 1.00 bits per heavy atom. The molecule has 39 heavy (non-hydrogen) atoms. The van der Waals surface area contributed by atoms with Crippen molar-refractivity contribution >= 4 is 0 Å². The summed E-state index contributed by atoms with van der Waals surface area (Å²) in [4.78, 5) is 7.70. The van der Waals surface area contributed by atoms with Gasteiger partial charge in [0.05, 0.1) is 12.1 Å². The summed E-state index contributed by atoms with van der Waals surface area (Å²) in [5.41, 5.74) is 4.77. The van der Waals surface area contributed by atoms with Crippen molar-refractivity contribution in [1.29, 1.82) is 0 Å². The summed E-state index contributed by atoms with van der Waals surface area (Å²) in [6, 6.07) is 36.0. The molecule has 0 bridgehead atoms. The van der Waals surface area contributed by atoms with E-state index in [0.29, 0.717) is 6.04 Å². The van der Waals surface area contributed by atoms with Crippen LogP contribution in [0, 0.1) is 11.6 Å². The Labute approximate surface area is 230 Å². The van der Waals surface area contributed by atoms with Gasteiger partial charge in [-0.05, 0) is 52.9 Å². The van der Waals surface area contributed by atoms with Crippen molar-refractivity contribution in [2.75, 3.05) is 39.3 Å². The number of hydrogen-bond donors (Lipinski definition) is 0. The van der Waals surface area contributed by atoms with E-state index in [1.165, 1.54) is 41.8 Å². The third-order valence-corrected chi connectivity index (χ3v) is 8.36. The fourth-order valence-electron chi connectivity index (χ4n) is 6.25. The summed E-state index contributed by atoms with van der Waals surface area (Å²) in [7, 11) is 0. The van der Waals surface area contributed by atoms with Crippen molar-refractivity contribution in [2.45, 2.75) is 24.5 Å². The van der Waals surface area contributed by atoms with Gasteiger partial charge in [0.2, 0.25) is 0 Å². The minimum absolute atomic E-state index is 0.0194. The lowest BCUT2D eigenvalue weighted by Crippen LogP contribution is -2.57. The third kappa shape index (κ3) is 5.81. The number of benzene rings is 4. The molecule has 6 rings (SSSR count). The Hall–Kier alpha value is -3.38. The molecule has 200 valence electrons. The van der Waals surface area contributed by atoms with Crippen LogP contribution in [0.5, 0.6) is 0 Å². The molecule has 0 amide bonds. The molecule has 0 aromatic heterocycles. The molecule has 0 N–H and O–H groups in total. The molecule has 0 saturated carbocycles. The predicted octanol–water partition coefficient (Wildman–Crippen LogP) is 6.54. The van der Waals surface area contributed by atoms with Gasteiger partial charge in [-0.15, -0.1) is 0 Å². The van der Waals surface area contributed by atoms with Crippen LogP contribution in [0.2, 0.25) is 0 Å². The van der Waals surface area contributed by atoms with E-state index >= 15 is 0 Å². The monoisotopic (exact) mass is 523 g/mol. The second-order valence-corrected chi connectivity index (χ2v) is 10.7. The lowest BCUT2D eigenvalue weighted by molar-refractivity contribution is 0.0136. The summed E-state index contributed by atoms with van der Waals surface area (Å²) in [5.74, 6) is -0.480. The molecular formula is C34H35F2N3. The molecule has 2 aliphatic heterocycles. The first kappa shape index (κ1) is 25.9. The summed E-state index contributed by atoms with van der Waals surface area (Å²) >= 11 is 0. The molecule has 0 aliphatic carbocycles. The highest BCUT2D eigenvalue weighted by atomic mass is 19.1. The van der Waals surface area contributed by atoms with Gasteiger partial charge < -0.3 is 0 Å². The number of piperazine rings is 1. The molecule has 4 aromatic carbocycles. The number of hydrogen-bond acceptors (Lipinski definition) is 3. The molecule has 1 unspecified atom stereocenters. The molecule has 3 nitrogen and oxygen atoms in total. The van der Waals surface area contributed by atoms with E-state index in [4.69, 9.17) is 0 Å². The standard InChI is InChI=1S/C34H35F2N3/c35-30-15-11-28(12-16-30)33(29-13-17-31(36)18-14-29)38-23-21-37(22-24-38)25-32-19-20-39(32)34(26-7-3-1-4-8-26)27-9-5-2-6-10-27/h1-18,32-34H,19-25H2. The highest BCUT2D eigenvalue weighted by Crippen LogP contribution is 2.36. The lowest BCUT2D eigenvalue weighted by atomic mass is 9.90. The van der Waals surface area contributed by atoms with Crippen LogP contribution in [0.1, 0.15) is 40.8 Å². The fourth-order valence-corrected chi connectivity index (χ4v) is 6.25. The maximum atomic E-state index is 13.7. The average molecular weight is 524 g/mol. The number of nitrogens with zero attached hydrogens (tertiary/aromatic N) is 3. The molecule has 4 aromatic rings. The van der Waals surface area contributed by atoms with E-state index in [-0.39, 0.29) is 23.7 Å². The van der Waals surface area contributed by atoms with Gasteiger partial charge in [0.1, 0.15) is 11.6 Å². The summed E-state index contributed by atoms with van der Waals surface area (Å²) < 4.78 is 27.4. The normalized spacial score (nSPS) is 18.9. The van der Waals surface area contributed by atoms with Crippen molar-refractivity contribution < 1.29 is 8.78 Å². The number of likely N-dealkylation sites (tertiary alicyclic amines) is 1. The molecule has 0 spiro atoms. The molecule has 2 fully saturated rings. The maximum absolute atomic E-state index is 13.7. The SMILES string of the molecule is Fc1ccc(C(c2ccc(F)cc2)N2CCN(CC3CCN3C(c3ccccc3)c3ccccc3)CC2)cc1. The zero-order chi connectivity index (χ0) is 26.6. The minimum Gasteiger partial charge on any atom is -0.299 e. The van der Waals surface area contributed by atoms with Crippen LogP contribution in [0.4, 0.5) is 8.78 Å². The maximum Gasteiger partial charge on any atom is 0.123 e. The second-order valence-electron chi connectivity index (χ2n) is 10.7. The van der Waals surface area contributed by atoms with Gasteiger partial charge in [-0.1, -0.05) is 84.9 Å². The third-order valence-electron chi connectivity index (χ3n) is 8.36. The van der Waals surface area contributed by atoms with Crippen LogP contribution in [0.15, 0.2) is 109 Å². The molecule has 0 radical (unpaired) electrons. The number of rotatable bonds is 8. The first-order valence-electron chi connectivity index (χ1n) is 14.0. The van der Waals surface area contributed by atoms with Crippen LogP contribution in [-0.4, -0.2) is 60.0 Å². The van der Waals surface area contributed by atoms with E-state index < -0.39 is 0 Å². The first-order valence-corrected chi connectivity index (χ1v) is 14.0. The minimum atomic E-state index is -0.240. The smallest absolute Gasteiger partial charge is 0.123 e. The Kier molecular flexibility index (Phi) is 7.82. The van der Waals surface area contributed by atoms with E-state index in [9.17, 15) is 8.78 Å². The van der Waals surface area contributed by atoms with Crippen LogP contribution in [-0.2, 0) is 0 Å². The van der Waals surface area contributed by atoms with Gasteiger partial charge in [0.25, 0.3) is 0 Å². The molecule has 5 heteroatoms. The first-order chi connectivity index (χ1) is 19.2. The van der Waals surface area contributed by atoms with E-state index in [2.05, 4.69) is 75.4 Å². The van der Waals surface area contributed by atoms with Crippen molar-refractivity contribution in [2.24, 2.45) is 0 Å². The van der Waals surface area contributed by atoms with Gasteiger partial charge in [0.15, 0.2) is 0 Å². The van der Waals surface area contributed by atoms with Crippen molar-refractivity contribution in [1.82, 2.24) is 14.7 Å². The number of halogens is 2. The average Bonchev–Trinajstić information content (AvgIpc) is 2.97. The van der Waals surface area contributed by atoms with Crippen molar-refractivity contribution in [3.8, 4) is 0 Å². The lowest BCUT2D eigenvalue weighted by Gasteiger charge is -2.49. The summed E-state index contributed by atoms with van der Waals surface area (Å²) in [6.45, 7) is 5.94. The molecule has 2 aliphatic rings. The van der Waals surface area contributed by atoms with Gasteiger partial charge in [-0.2, -0.15) is 0 Å². The Morgan fingerprint density at radius 3 is 1.44 bits per heavy atom. The highest BCUT2D eigenvalue weighted by molar-refractivity contribution is 5.34. The molecular weight excluding hydrogens is 488 g/mol. The van der Waals surface area contributed by atoms with Crippen LogP contribution in [0.3, 0.4) is 0 Å². The molecule has 2 saturated heterocycles. The Balaban J connectivity index is 1.14. The van der Waals surface area contributed by atoms with Gasteiger partial charge in [-0.25, -0.2) is 8.78 Å². The van der Waals surface area contributed by atoms with E-state index in [1.807, 2.05) is 24.3 Å². The predicted molar refractivity (Wildman–Crippen MR) is 152 cm³/mol. The summed E-state index contributed by atoms with van der Waals surface area (Å²) in [6.07, 6.45) is 1.21. The largest absolute Gasteiger partial charge is 0.299 e. The Morgan fingerprint density at radius 1 is 0.538 bits per heavy atom. The zero-order valence-corrected chi connectivity index (χ0v) is 22.2. The highest BCUT2D eigenvalue weighted by Gasteiger charge is 2.37. The Bertz CT molecular complexity index is 1240. The van der Waals surface area contributed by atoms with Gasteiger partial charge >= 0.3 is 0 Å². The van der Waals surface area contributed by atoms with Gasteiger partial charge in [-0.3, -0.25) is 14.7 Å². The van der Waals surface area contributed by atoms with Crippen LogP contribution >= 0.6 is 0 Å². The van der Waals surface area contributed by atoms with Crippen LogP contribution < -0.4 is 0 Å². The quantitative estimate of drug-likeness (QED) is 0.260. The zero-order valence-electron chi connectivity index (χ0n) is 22.2. The fraction of sp³-hybridized carbons (Fsp3) is 0.294. The molecule has 2 heterocycles. The van der Waals surface area contributed by atoms with Crippen molar-refractivity contribution in [3.05, 3.63) is 143 Å². The molecule has 1 atom stereocenters.